The summed E-state index contributed by atoms with van der Waals surface area (Å²) >= 11 is 1.74. The van der Waals surface area contributed by atoms with Crippen molar-refractivity contribution in [2.24, 2.45) is 0 Å². The standard InChI is InChI=1S/C13H15FN2O3S/c1-8-5-10(16(18)19)6-11(12(8)14)13(17)15(2)9-3-4-20-7-9/h5-6,9H,3-4,7H2,1-2H3. The minimum atomic E-state index is -0.682. The summed E-state index contributed by atoms with van der Waals surface area (Å²) in [5, 5.41) is 10.8. The van der Waals surface area contributed by atoms with Crippen molar-refractivity contribution in [1.29, 1.82) is 0 Å². The van der Waals surface area contributed by atoms with E-state index in [9.17, 15) is 19.3 Å². The number of thioether (sulfide) groups is 1. The molecule has 1 saturated heterocycles. The van der Waals surface area contributed by atoms with Crippen molar-refractivity contribution < 1.29 is 14.1 Å². The summed E-state index contributed by atoms with van der Waals surface area (Å²) in [6, 6.07) is 2.22. The average Bonchev–Trinajstić information content (AvgIpc) is 2.93. The summed E-state index contributed by atoms with van der Waals surface area (Å²) in [4.78, 5) is 24.0. The highest BCUT2D eigenvalue weighted by atomic mass is 32.2. The number of non-ortho nitro benzene ring substituents is 1. The maximum atomic E-state index is 14.1. The Kier molecular flexibility index (Phi) is 4.27. The third-order valence-corrected chi connectivity index (χ3v) is 4.60. The second-order valence-electron chi connectivity index (χ2n) is 4.81. The highest BCUT2D eigenvalue weighted by Crippen LogP contribution is 2.26. The van der Waals surface area contributed by atoms with Gasteiger partial charge in [-0.1, -0.05) is 0 Å². The van der Waals surface area contributed by atoms with Crippen LogP contribution in [-0.2, 0) is 0 Å². The summed E-state index contributed by atoms with van der Waals surface area (Å²) in [7, 11) is 1.62. The molecule has 0 saturated carbocycles. The first-order valence-electron chi connectivity index (χ1n) is 6.21. The van der Waals surface area contributed by atoms with E-state index in [0.29, 0.717) is 0 Å². The topological polar surface area (TPSA) is 63.5 Å². The summed E-state index contributed by atoms with van der Waals surface area (Å²) in [5.74, 6) is 0.608. The lowest BCUT2D eigenvalue weighted by atomic mass is 10.1. The molecule has 1 amide bonds. The Hall–Kier alpha value is -1.63. The third-order valence-electron chi connectivity index (χ3n) is 3.45. The Balaban J connectivity index is 2.35. The van der Waals surface area contributed by atoms with Crippen LogP contribution in [0.3, 0.4) is 0 Å². The fourth-order valence-electron chi connectivity index (χ4n) is 2.19. The second-order valence-corrected chi connectivity index (χ2v) is 5.96. The van der Waals surface area contributed by atoms with Crippen molar-refractivity contribution >= 4 is 23.4 Å². The molecule has 1 fully saturated rings. The van der Waals surface area contributed by atoms with Crippen LogP contribution in [0.15, 0.2) is 12.1 Å². The summed E-state index contributed by atoms with van der Waals surface area (Å²) in [5.41, 5.74) is -0.380. The largest absolute Gasteiger partial charge is 0.338 e. The fourth-order valence-corrected chi connectivity index (χ4v) is 3.46. The summed E-state index contributed by atoms with van der Waals surface area (Å²) < 4.78 is 14.1. The van der Waals surface area contributed by atoms with Gasteiger partial charge in [-0.05, 0) is 24.7 Å². The number of aryl methyl sites for hydroxylation is 1. The van der Waals surface area contributed by atoms with Crippen molar-refractivity contribution in [3.8, 4) is 0 Å². The van der Waals surface area contributed by atoms with E-state index < -0.39 is 16.6 Å². The maximum Gasteiger partial charge on any atom is 0.270 e. The van der Waals surface area contributed by atoms with Crippen LogP contribution in [0.25, 0.3) is 0 Å². The van der Waals surface area contributed by atoms with Gasteiger partial charge in [-0.25, -0.2) is 4.39 Å². The molecule has 0 N–H and O–H groups in total. The molecule has 7 heteroatoms. The van der Waals surface area contributed by atoms with Crippen LogP contribution in [0.1, 0.15) is 22.3 Å². The van der Waals surface area contributed by atoms with E-state index in [0.717, 1.165) is 30.1 Å². The Labute approximate surface area is 120 Å². The number of carbonyl (C=O) groups is 1. The van der Waals surface area contributed by atoms with Crippen molar-refractivity contribution in [2.45, 2.75) is 19.4 Å². The SMILES string of the molecule is Cc1cc([N+](=O)[O-])cc(C(=O)N(C)C2CCSC2)c1F. The molecule has 0 aromatic heterocycles. The van der Waals surface area contributed by atoms with Crippen molar-refractivity contribution in [2.75, 3.05) is 18.6 Å². The van der Waals surface area contributed by atoms with E-state index in [-0.39, 0.29) is 22.9 Å². The molecule has 5 nitrogen and oxygen atoms in total. The van der Waals surface area contributed by atoms with E-state index in [1.54, 1.807) is 18.8 Å². The van der Waals surface area contributed by atoms with Crippen LogP contribution in [0.2, 0.25) is 0 Å². The van der Waals surface area contributed by atoms with Gasteiger partial charge in [-0.2, -0.15) is 11.8 Å². The highest BCUT2D eigenvalue weighted by molar-refractivity contribution is 7.99. The van der Waals surface area contributed by atoms with E-state index in [2.05, 4.69) is 0 Å². The van der Waals surface area contributed by atoms with Crippen molar-refractivity contribution in [1.82, 2.24) is 4.90 Å². The van der Waals surface area contributed by atoms with Gasteiger partial charge in [0.15, 0.2) is 0 Å². The van der Waals surface area contributed by atoms with Crippen LogP contribution in [-0.4, -0.2) is 40.3 Å². The van der Waals surface area contributed by atoms with Gasteiger partial charge in [0.2, 0.25) is 0 Å². The van der Waals surface area contributed by atoms with Crippen LogP contribution >= 0.6 is 11.8 Å². The number of nitrogens with zero attached hydrogens (tertiary/aromatic N) is 2. The molecular formula is C13H15FN2O3S. The van der Waals surface area contributed by atoms with Gasteiger partial charge in [0, 0.05) is 31.0 Å². The minimum absolute atomic E-state index is 0.0615. The molecule has 108 valence electrons. The van der Waals surface area contributed by atoms with Gasteiger partial charge in [0.05, 0.1) is 10.5 Å². The second kappa shape index (κ2) is 5.78. The predicted octanol–water partition coefficient (Wildman–Crippen LogP) is 2.62. The minimum Gasteiger partial charge on any atom is -0.338 e. The zero-order chi connectivity index (χ0) is 14.9. The Morgan fingerprint density at radius 3 is 2.80 bits per heavy atom. The van der Waals surface area contributed by atoms with Gasteiger partial charge >= 0.3 is 0 Å². The van der Waals surface area contributed by atoms with Gasteiger partial charge in [0.1, 0.15) is 5.82 Å². The number of carbonyl (C=O) groups excluding carboxylic acids is 1. The molecule has 0 bridgehead atoms. The quantitative estimate of drug-likeness (QED) is 0.635. The molecule has 1 unspecified atom stereocenters. The first-order valence-corrected chi connectivity index (χ1v) is 7.36. The lowest BCUT2D eigenvalue weighted by Crippen LogP contribution is -2.37. The number of hydrogen-bond donors (Lipinski definition) is 0. The molecule has 1 aromatic rings. The van der Waals surface area contributed by atoms with Gasteiger partial charge in [0.25, 0.3) is 11.6 Å². The summed E-state index contributed by atoms with van der Waals surface area (Å²) in [6.45, 7) is 1.42. The number of benzene rings is 1. The van der Waals surface area contributed by atoms with Crippen LogP contribution in [0.4, 0.5) is 10.1 Å². The molecule has 1 aromatic carbocycles. The lowest BCUT2D eigenvalue weighted by Gasteiger charge is -2.24. The van der Waals surface area contributed by atoms with Gasteiger partial charge in [-0.15, -0.1) is 0 Å². The number of hydrogen-bond acceptors (Lipinski definition) is 4. The van der Waals surface area contributed by atoms with Crippen LogP contribution < -0.4 is 0 Å². The molecule has 2 rings (SSSR count). The van der Waals surface area contributed by atoms with E-state index in [4.69, 9.17) is 0 Å². The monoisotopic (exact) mass is 298 g/mol. The predicted molar refractivity (Wildman–Crippen MR) is 75.6 cm³/mol. The van der Waals surface area contributed by atoms with Crippen molar-refractivity contribution in [3.63, 3.8) is 0 Å². The maximum absolute atomic E-state index is 14.1. The molecule has 1 heterocycles. The van der Waals surface area contributed by atoms with E-state index in [1.165, 1.54) is 11.8 Å². The molecular weight excluding hydrogens is 283 g/mol. The fraction of sp³-hybridized carbons (Fsp3) is 0.462. The molecule has 1 aliphatic rings. The Morgan fingerprint density at radius 2 is 2.25 bits per heavy atom. The van der Waals surface area contributed by atoms with Crippen LogP contribution in [0, 0.1) is 22.9 Å². The number of nitro benzene ring substituents is 1. The number of amides is 1. The molecule has 1 aliphatic heterocycles. The van der Waals surface area contributed by atoms with Gasteiger partial charge < -0.3 is 4.90 Å². The Morgan fingerprint density at radius 1 is 1.55 bits per heavy atom. The number of rotatable bonds is 3. The lowest BCUT2D eigenvalue weighted by molar-refractivity contribution is -0.385. The number of nitro groups is 1. The van der Waals surface area contributed by atoms with Crippen LogP contribution in [0.5, 0.6) is 0 Å². The summed E-state index contributed by atoms with van der Waals surface area (Å²) in [6.07, 6.45) is 0.864. The average molecular weight is 298 g/mol. The highest BCUT2D eigenvalue weighted by Gasteiger charge is 2.28. The first-order chi connectivity index (χ1) is 9.41. The molecule has 1 atom stereocenters. The van der Waals surface area contributed by atoms with Gasteiger partial charge in [-0.3, -0.25) is 14.9 Å². The normalized spacial score (nSPS) is 18.1. The molecule has 0 aliphatic carbocycles. The number of halogens is 1. The first kappa shape index (κ1) is 14.8. The zero-order valence-electron chi connectivity index (χ0n) is 11.3. The van der Waals surface area contributed by atoms with E-state index >= 15 is 0 Å². The molecule has 20 heavy (non-hydrogen) atoms. The van der Waals surface area contributed by atoms with Crippen molar-refractivity contribution in [3.05, 3.63) is 39.2 Å². The Bertz CT molecular complexity index is 559. The smallest absolute Gasteiger partial charge is 0.270 e. The van der Waals surface area contributed by atoms with E-state index in [1.807, 2.05) is 0 Å². The zero-order valence-corrected chi connectivity index (χ0v) is 12.1. The third kappa shape index (κ3) is 2.77. The molecule has 0 spiro atoms. The molecule has 0 radical (unpaired) electrons.